The highest BCUT2D eigenvalue weighted by Crippen LogP contribution is 2.33. The number of nitrogens with two attached hydrogens (primary N) is 2. The van der Waals surface area contributed by atoms with Crippen LogP contribution in [0.2, 0.25) is 0 Å². The molecule has 2 aliphatic rings. The third-order valence-corrected chi connectivity index (χ3v) is 11.4. The van der Waals surface area contributed by atoms with Crippen LogP contribution in [0, 0.1) is 29.6 Å². The fourth-order valence-electron chi connectivity index (χ4n) is 6.86. The van der Waals surface area contributed by atoms with Crippen molar-refractivity contribution in [2.75, 3.05) is 25.6 Å². The zero-order valence-electron chi connectivity index (χ0n) is 32.9. The summed E-state index contributed by atoms with van der Waals surface area (Å²) in [6.07, 6.45) is 18.1. The fraction of sp³-hybridized carbons (Fsp3) is 0.780. The standard InChI is InChI=1S/C41H66N4O9S/c1-2-3-17-22-31(54-38(48)26-21-20-25-35-39-33(30-55-35)44-41(51)45-39)23-18-15-13-11-9-7-5-4-6-8-10-12-14-16-19-24-32(40(49)50)34(53-29-37(43)47)27-52-28-36(42)46/h31-35,39H,2-3,8-30H2,1H3,(H2,42,46)(H2,43,47)(H,49,50)(H2,44,45,51)/t31?,32?,33-,34?,35-,39-/m0/s1. The van der Waals surface area contributed by atoms with Crippen molar-refractivity contribution in [3.05, 3.63) is 0 Å². The molecule has 0 saturated carbocycles. The molecule has 7 N–H and O–H groups in total. The zero-order chi connectivity index (χ0) is 40.1. The van der Waals surface area contributed by atoms with Gasteiger partial charge in [-0.15, -0.1) is 0 Å². The lowest BCUT2D eigenvalue weighted by Crippen LogP contribution is -2.37. The second-order valence-corrected chi connectivity index (χ2v) is 15.9. The van der Waals surface area contributed by atoms with Crippen LogP contribution in [0.15, 0.2) is 0 Å². The second-order valence-electron chi connectivity index (χ2n) is 14.6. The lowest BCUT2D eigenvalue weighted by molar-refractivity contribution is -0.153. The molecule has 0 aromatic carbocycles. The van der Waals surface area contributed by atoms with Gasteiger partial charge in [0.1, 0.15) is 19.3 Å². The Morgan fingerprint density at radius 2 is 1.44 bits per heavy atom. The van der Waals surface area contributed by atoms with E-state index in [1.165, 1.54) is 0 Å². The van der Waals surface area contributed by atoms with Crippen molar-refractivity contribution in [1.82, 2.24) is 10.6 Å². The third-order valence-electron chi connectivity index (χ3n) is 9.85. The number of rotatable bonds is 32. The van der Waals surface area contributed by atoms with E-state index in [2.05, 4.69) is 41.2 Å². The number of aliphatic carboxylic acids is 1. The van der Waals surface area contributed by atoms with Crippen LogP contribution in [-0.4, -0.2) is 90.0 Å². The van der Waals surface area contributed by atoms with Gasteiger partial charge in [0.15, 0.2) is 0 Å². The normalized spacial score (nSPS) is 18.7. The molecule has 2 rings (SSSR count). The number of carboxylic acids is 1. The first kappa shape index (κ1) is 47.7. The largest absolute Gasteiger partial charge is 0.481 e. The van der Waals surface area contributed by atoms with Crippen molar-refractivity contribution in [1.29, 1.82) is 0 Å². The maximum absolute atomic E-state index is 12.6. The summed E-state index contributed by atoms with van der Waals surface area (Å²) in [7, 11) is 0. The van der Waals surface area contributed by atoms with Gasteiger partial charge in [-0.1, -0.05) is 76.6 Å². The average Bonchev–Trinajstić information content (AvgIpc) is 3.69. The topological polar surface area (TPSA) is 209 Å². The minimum atomic E-state index is -1.06. The Labute approximate surface area is 332 Å². The molecule has 0 radical (unpaired) electrons. The summed E-state index contributed by atoms with van der Waals surface area (Å²) in [5.74, 6) is 9.66. The van der Waals surface area contributed by atoms with Crippen LogP contribution in [0.4, 0.5) is 4.79 Å². The van der Waals surface area contributed by atoms with E-state index in [9.17, 15) is 29.1 Å². The van der Waals surface area contributed by atoms with E-state index in [1.54, 1.807) is 0 Å². The number of unbranched alkanes of at least 4 members (excludes halogenated alkanes) is 12. The molecular formula is C41H66N4O9S. The maximum atomic E-state index is 12.6. The highest BCUT2D eigenvalue weighted by Gasteiger charge is 2.42. The Hall–Kier alpha value is -3.46. The van der Waals surface area contributed by atoms with E-state index in [0.717, 1.165) is 121 Å². The number of ether oxygens (including phenoxy) is 3. The Morgan fingerprint density at radius 3 is 2.07 bits per heavy atom. The number of esters is 1. The zero-order valence-corrected chi connectivity index (χ0v) is 33.7. The van der Waals surface area contributed by atoms with Crippen molar-refractivity contribution >= 4 is 41.5 Å². The van der Waals surface area contributed by atoms with E-state index in [0.29, 0.717) is 24.5 Å². The summed E-state index contributed by atoms with van der Waals surface area (Å²) in [5, 5.41) is 16.1. The summed E-state index contributed by atoms with van der Waals surface area (Å²) in [4.78, 5) is 58.2. The fourth-order valence-corrected chi connectivity index (χ4v) is 8.40. The third kappa shape index (κ3) is 22.6. The van der Waals surface area contributed by atoms with Crippen LogP contribution < -0.4 is 22.1 Å². The molecule has 6 atom stereocenters. The Bertz CT molecular complexity index is 1290. The van der Waals surface area contributed by atoms with Gasteiger partial charge in [-0.25, -0.2) is 4.79 Å². The Balaban J connectivity index is 1.52. The monoisotopic (exact) mass is 790 g/mol. The summed E-state index contributed by atoms with van der Waals surface area (Å²) in [6.45, 7) is 1.20. The average molecular weight is 791 g/mol. The number of urea groups is 1. The molecule has 2 aliphatic heterocycles. The van der Waals surface area contributed by atoms with Gasteiger partial charge in [-0.2, -0.15) is 11.8 Å². The highest BCUT2D eigenvalue weighted by molar-refractivity contribution is 8.00. The minimum absolute atomic E-state index is 0.000112. The lowest BCUT2D eigenvalue weighted by atomic mass is 9.95. The van der Waals surface area contributed by atoms with Gasteiger partial charge in [0.05, 0.1) is 30.7 Å². The molecule has 0 spiro atoms. The SMILES string of the molecule is CCCCCC(CCCCCCC#CC#CCCCCCCCC(C(=O)O)C(COCC(N)=O)OCC(N)=O)OC(=O)CCCC[C@@H]1SC[C@@H]2NC(=O)N[C@@H]21. The quantitative estimate of drug-likeness (QED) is 0.0255. The highest BCUT2D eigenvalue weighted by atomic mass is 32.2. The lowest BCUT2D eigenvalue weighted by Gasteiger charge is -2.23. The van der Waals surface area contributed by atoms with Gasteiger partial charge in [0, 0.05) is 30.3 Å². The molecule has 3 unspecified atom stereocenters. The van der Waals surface area contributed by atoms with Gasteiger partial charge < -0.3 is 41.4 Å². The minimum Gasteiger partial charge on any atom is -0.481 e. The summed E-state index contributed by atoms with van der Waals surface area (Å²) in [5.41, 5.74) is 10.2. The van der Waals surface area contributed by atoms with Gasteiger partial charge in [0.25, 0.3) is 0 Å². The second kappa shape index (κ2) is 29.8. The first-order valence-corrected chi connectivity index (χ1v) is 21.5. The van der Waals surface area contributed by atoms with Crippen LogP contribution >= 0.6 is 11.8 Å². The predicted molar refractivity (Wildman–Crippen MR) is 214 cm³/mol. The molecule has 4 amide bonds. The van der Waals surface area contributed by atoms with E-state index >= 15 is 0 Å². The summed E-state index contributed by atoms with van der Waals surface area (Å²) < 4.78 is 16.5. The molecular weight excluding hydrogens is 725 g/mol. The molecule has 0 aliphatic carbocycles. The van der Waals surface area contributed by atoms with Crippen LogP contribution in [0.5, 0.6) is 0 Å². The van der Waals surface area contributed by atoms with E-state index in [-0.39, 0.29) is 43.4 Å². The Kier molecular flexibility index (Phi) is 25.8. The summed E-state index contributed by atoms with van der Waals surface area (Å²) in [6, 6.07) is 0.383. The van der Waals surface area contributed by atoms with Gasteiger partial charge >= 0.3 is 18.0 Å². The number of carbonyl (C=O) groups is 5. The summed E-state index contributed by atoms with van der Waals surface area (Å²) >= 11 is 1.91. The molecule has 2 fully saturated rings. The number of carbonyl (C=O) groups excluding carboxylic acids is 4. The number of nitrogens with one attached hydrogen (secondary N) is 2. The molecule has 0 aromatic rings. The first-order valence-electron chi connectivity index (χ1n) is 20.4. The van der Waals surface area contributed by atoms with Crippen molar-refractivity contribution in [2.45, 2.75) is 171 Å². The van der Waals surface area contributed by atoms with E-state index < -0.39 is 36.4 Å². The molecule has 14 heteroatoms. The first-order chi connectivity index (χ1) is 26.6. The number of thioether (sulfide) groups is 1. The smallest absolute Gasteiger partial charge is 0.315 e. The van der Waals surface area contributed by atoms with Crippen LogP contribution in [0.1, 0.15) is 142 Å². The van der Waals surface area contributed by atoms with E-state index in [4.69, 9.17) is 25.7 Å². The number of hydrogen-bond donors (Lipinski definition) is 5. The van der Waals surface area contributed by atoms with Gasteiger partial charge in [-0.05, 0) is 69.6 Å². The molecule has 0 aromatic heterocycles. The molecule has 0 bridgehead atoms. The van der Waals surface area contributed by atoms with Crippen LogP contribution in [0.25, 0.3) is 0 Å². The van der Waals surface area contributed by atoms with Crippen molar-refractivity contribution in [2.24, 2.45) is 17.4 Å². The molecule has 13 nitrogen and oxygen atoms in total. The number of hydrogen-bond acceptors (Lipinski definition) is 9. The predicted octanol–water partition coefficient (Wildman–Crippen LogP) is 5.36. The molecule has 55 heavy (non-hydrogen) atoms. The Morgan fingerprint density at radius 1 is 0.818 bits per heavy atom. The number of fused-ring (bicyclic) bond motifs is 1. The number of primary amides is 2. The van der Waals surface area contributed by atoms with Crippen LogP contribution in [0.3, 0.4) is 0 Å². The number of amides is 4. The molecule has 2 heterocycles. The van der Waals surface area contributed by atoms with Crippen molar-refractivity contribution in [3.63, 3.8) is 0 Å². The molecule has 310 valence electrons. The molecule has 2 saturated heterocycles. The van der Waals surface area contributed by atoms with Gasteiger partial charge in [-0.3, -0.25) is 19.2 Å². The van der Waals surface area contributed by atoms with E-state index in [1.807, 2.05) is 11.8 Å². The van der Waals surface area contributed by atoms with Gasteiger partial charge in [0.2, 0.25) is 11.8 Å². The van der Waals surface area contributed by atoms with Crippen molar-refractivity contribution in [3.8, 4) is 23.7 Å². The maximum Gasteiger partial charge on any atom is 0.315 e. The number of carboxylic acid groups (broad SMARTS) is 1. The van der Waals surface area contributed by atoms with Crippen molar-refractivity contribution < 1.29 is 43.3 Å². The van der Waals surface area contributed by atoms with Crippen LogP contribution in [-0.2, 0) is 33.4 Å².